The highest BCUT2D eigenvalue weighted by Gasteiger charge is 2.03. The minimum absolute atomic E-state index is 0.604. The molecule has 0 aliphatic rings. The van der Waals surface area contributed by atoms with E-state index >= 15 is 0 Å². The Hall–Kier alpha value is -1.38. The normalized spacial score (nSPS) is 10.1. The Labute approximate surface area is 104 Å². The van der Waals surface area contributed by atoms with Crippen molar-refractivity contribution in [2.24, 2.45) is 0 Å². The van der Waals surface area contributed by atoms with Gasteiger partial charge in [-0.1, -0.05) is 35.3 Å². The first-order valence-corrected chi connectivity index (χ1v) is 5.49. The van der Waals surface area contributed by atoms with E-state index in [9.17, 15) is 0 Å². The van der Waals surface area contributed by atoms with E-state index in [1.807, 2.05) is 24.3 Å². The quantitative estimate of drug-likeness (QED) is 0.782. The highest BCUT2D eigenvalue weighted by Crippen LogP contribution is 2.30. The van der Waals surface area contributed by atoms with Crippen LogP contribution in [0.25, 0.3) is 0 Å². The monoisotopic (exact) mass is 252 g/mol. The number of benzene rings is 2. The van der Waals surface area contributed by atoms with E-state index in [-0.39, 0.29) is 0 Å². The Balaban J connectivity index is 2.34. The lowest BCUT2D eigenvalue weighted by molar-refractivity contribution is 1.54. The van der Waals surface area contributed by atoms with Gasteiger partial charge in [0.25, 0.3) is 0 Å². The SMILES string of the molecule is Nc1ccccc1Nc1cc(Cl)ccc1Cl. The van der Waals surface area contributed by atoms with Gasteiger partial charge in [0.05, 0.1) is 22.1 Å². The van der Waals surface area contributed by atoms with Crippen LogP contribution in [0, 0.1) is 0 Å². The Kier molecular flexibility index (Phi) is 3.22. The zero-order valence-corrected chi connectivity index (χ0v) is 9.89. The fraction of sp³-hybridized carbons (Fsp3) is 0. The molecule has 0 amide bonds. The summed E-state index contributed by atoms with van der Waals surface area (Å²) in [7, 11) is 0. The summed E-state index contributed by atoms with van der Waals surface area (Å²) in [6.07, 6.45) is 0. The van der Waals surface area contributed by atoms with E-state index < -0.39 is 0 Å². The molecular formula is C12H10Cl2N2. The van der Waals surface area contributed by atoms with E-state index in [1.165, 1.54) is 0 Å². The predicted octanol–water partition coefficient (Wildman–Crippen LogP) is 4.32. The maximum absolute atomic E-state index is 6.04. The molecule has 0 saturated heterocycles. The van der Waals surface area contributed by atoms with E-state index in [4.69, 9.17) is 28.9 Å². The summed E-state index contributed by atoms with van der Waals surface area (Å²) in [4.78, 5) is 0. The average Bonchev–Trinajstić information content (AvgIpc) is 2.27. The van der Waals surface area contributed by atoms with E-state index in [0.29, 0.717) is 15.7 Å². The molecule has 0 radical (unpaired) electrons. The van der Waals surface area contributed by atoms with E-state index in [2.05, 4.69) is 5.32 Å². The van der Waals surface area contributed by atoms with Gasteiger partial charge in [0.1, 0.15) is 0 Å². The summed E-state index contributed by atoms with van der Waals surface area (Å²) in [6.45, 7) is 0. The van der Waals surface area contributed by atoms with Crippen molar-refractivity contribution in [1.29, 1.82) is 0 Å². The van der Waals surface area contributed by atoms with Gasteiger partial charge in [-0.05, 0) is 30.3 Å². The summed E-state index contributed by atoms with van der Waals surface area (Å²) in [5, 5.41) is 4.37. The fourth-order valence-electron chi connectivity index (χ4n) is 1.35. The van der Waals surface area contributed by atoms with Crippen LogP contribution in [-0.4, -0.2) is 0 Å². The Morgan fingerprint density at radius 1 is 0.938 bits per heavy atom. The molecule has 2 rings (SSSR count). The van der Waals surface area contributed by atoms with Crippen LogP contribution < -0.4 is 11.1 Å². The first-order valence-electron chi connectivity index (χ1n) is 4.73. The van der Waals surface area contributed by atoms with Crippen LogP contribution in [0.3, 0.4) is 0 Å². The molecule has 2 nitrogen and oxygen atoms in total. The van der Waals surface area contributed by atoms with Crippen molar-refractivity contribution < 1.29 is 0 Å². The number of nitrogen functional groups attached to an aromatic ring is 1. The van der Waals surface area contributed by atoms with Gasteiger partial charge in [0.2, 0.25) is 0 Å². The number of anilines is 3. The fourth-order valence-corrected chi connectivity index (χ4v) is 1.69. The van der Waals surface area contributed by atoms with Crippen molar-refractivity contribution >= 4 is 40.3 Å². The van der Waals surface area contributed by atoms with Crippen molar-refractivity contribution in [2.75, 3.05) is 11.1 Å². The molecule has 0 aliphatic carbocycles. The molecule has 0 spiro atoms. The average molecular weight is 253 g/mol. The van der Waals surface area contributed by atoms with Crippen molar-refractivity contribution in [3.05, 3.63) is 52.5 Å². The molecule has 0 bridgehead atoms. The summed E-state index contributed by atoms with van der Waals surface area (Å²) >= 11 is 11.9. The molecule has 0 atom stereocenters. The highest BCUT2D eigenvalue weighted by atomic mass is 35.5. The van der Waals surface area contributed by atoms with Crippen LogP contribution in [-0.2, 0) is 0 Å². The van der Waals surface area contributed by atoms with Gasteiger partial charge >= 0.3 is 0 Å². The van der Waals surface area contributed by atoms with Crippen LogP contribution in [0.4, 0.5) is 17.1 Å². The predicted molar refractivity (Wildman–Crippen MR) is 70.6 cm³/mol. The van der Waals surface area contributed by atoms with Crippen molar-refractivity contribution in [1.82, 2.24) is 0 Å². The Morgan fingerprint density at radius 3 is 2.44 bits per heavy atom. The van der Waals surface area contributed by atoms with E-state index in [1.54, 1.807) is 18.2 Å². The summed E-state index contributed by atoms with van der Waals surface area (Å²) in [6, 6.07) is 12.7. The first kappa shape index (κ1) is 11.1. The zero-order chi connectivity index (χ0) is 11.5. The third-order valence-corrected chi connectivity index (χ3v) is 2.72. The van der Waals surface area contributed by atoms with Crippen LogP contribution >= 0.6 is 23.2 Å². The summed E-state index contributed by atoms with van der Waals surface area (Å²) < 4.78 is 0. The number of rotatable bonds is 2. The minimum Gasteiger partial charge on any atom is -0.397 e. The van der Waals surface area contributed by atoms with Crippen LogP contribution in [0.5, 0.6) is 0 Å². The molecule has 0 fully saturated rings. The minimum atomic E-state index is 0.604. The molecule has 3 N–H and O–H groups in total. The highest BCUT2D eigenvalue weighted by molar-refractivity contribution is 6.35. The van der Waals surface area contributed by atoms with Gasteiger partial charge in [-0.25, -0.2) is 0 Å². The molecule has 0 saturated carbocycles. The van der Waals surface area contributed by atoms with Crippen LogP contribution in [0.15, 0.2) is 42.5 Å². The van der Waals surface area contributed by atoms with Gasteiger partial charge in [0.15, 0.2) is 0 Å². The molecule has 0 unspecified atom stereocenters. The van der Waals surface area contributed by atoms with Crippen molar-refractivity contribution in [3.63, 3.8) is 0 Å². The van der Waals surface area contributed by atoms with Crippen LogP contribution in [0.2, 0.25) is 10.0 Å². The number of hydrogen-bond donors (Lipinski definition) is 2. The van der Waals surface area contributed by atoms with Crippen molar-refractivity contribution in [3.8, 4) is 0 Å². The van der Waals surface area contributed by atoms with Crippen LogP contribution in [0.1, 0.15) is 0 Å². The molecular weight excluding hydrogens is 243 g/mol. The number of halogens is 2. The molecule has 2 aromatic rings. The third-order valence-electron chi connectivity index (χ3n) is 2.16. The summed E-state index contributed by atoms with van der Waals surface area (Å²) in [5.41, 5.74) is 8.04. The molecule has 2 aromatic carbocycles. The Bertz CT molecular complexity index is 512. The number of nitrogens with two attached hydrogens (primary N) is 1. The second-order valence-electron chi connectivity index (χ2n) is 3.34. The van der Waals surface area contributed by atoms with Gasteiger partial charge in [-0.2, -0.15) is 0 Å². The molecule has 0 heterocycles. The summed E-state index contributed by atoms with van der Waals surface area (Å²) in [5.74, 6) is 0. The van der Waals surface area contributed by atoms with Gasteiger partial charge in [-0.15, -0.1) is 0 Å². The van der Waals surface area contributed by atoms with E-state index in [0.717, 1.165) is 11.4 Å². The first-order chi connectivity index (χ1) is 7.66. The lowest BCUT2D eigenvalue weighted by atomic mass is 10.2. The number of para-hydroxylation sites is 2. The van der Waals surface area contributed by atoms with Crippen molar-refractivity contribution in [2.45, 2.75) is 0 Å². The smallest absolute Gasteiger partial charge is 0.0642 e. The topological polar surface area (TPSA) is 38.0 Å². The van der Waals surface area contributed by atoms with Gasteiger partial charge in [0, 0.05) is 5.02 Å². The molecule has 4 heteroatoms. The lowest BCUT2D eigenvalue weighted by Crippen LogP contribution is -1.96. The second kappa shape index (κ2) is 4.64. The molecule has 0 aliphatic heterocycles. The lowest BCUT2D eigenvalue weighted by Gasteiger charge is -2.10. The molecule has 16 heavy (non-hydrogen) atoms. The largest absolute Gasteiger partial charge is 0.397 e. The Morgan fingerprint density at radius 2 is 1.69 bits per heavy atom. The zero-order valence-electron chi connectivity index (χ0n) is 8.37. The maximum atomic E-state index is 6.04. The molecule has 0 aromatic heterocycles. The van der Waals surface area contributed by atoms with Gasteiger partial charge in [-0.3, -0.25) is 0 Å². The maximum Gasteiger partial charge on any atom is 0.0642 e. The van der Waals surface area contributed by atoms with Gasteiger partial charge < -0.3 is 11.1 Å². The second-order valence-corrected chi connectivity index (χ2v) is 4.18. The number of hydrogen-bond acceptors (Lipinski definition) is 2. The third kappa shape index (κ3) is 2.40. The number of nitrogens with one attached hydrogen (secondary N) is 1. The standard InChI is InChI=1S/C12H10Cl2N2/c13-8-5-6-9(14)12(7-8)16-11-4-2-1-3-10(11)15/h1-7,16H,15H2. The molecule has 82 valence electrons.